The van der Waals surface area contributed by atoms with Crippen LogP contribution in [0.25, 0.3) is 0 Å². The number of aromatic nitrogens is 1. The normalized spacial score (nSPS) is 16.5. The third-order valence-electron chi connectivity index (χ3n) is 4.67. The third-order valence-corrected chi connectivity index (χ3v) is 4.92. The molecule has 1 aromatic carbocycles. The monoisotopic (exact) mass is 359 g/mol. The van der Waals surface area contributed by atoms with E-state index in [0.29, 0.717) is 24.0 Å². The number of hydrogen-bond donors (Lipinski definition) is 2. The molecule has 1 aliphatic heterocycles. The Bertz CT molecular complexity index is 686. The molecule has 2 amide bonds. The Morgan fingerprint density at radius 2 is 1.76 bits per heavy atom. The van der Waals surface area contributed by atoms with Crippen LogP contribution < -0.4 is 5.32 Å². The van der Waals surface area contributed by atoms with Crippen molar-refractivity contribution in [1.29, 1.82) is 0 Å². The van der Waals surface area contributed by atoms with Gasteiger partial charge >= 0.3 is 6.03 Å². The highest BCUT2D eigenvalue weighted by molar-refractivity contribution is 6.30. The zero-order chi connectivity index (χ0) is 17.6. The summed E-state index contributed by atoms with van der Waals surface area (Å²) in [5.74, 6) is 0.302. The second kappa shape index (κ2) is 8.32. The smallest absolute Gasteiger partial charge is 0.318 e. The van der Waals surface area contributed by atoms with Gasteiger partial charge in [-0.15, -0.1) is 0 Å². The van der Waals surface area contributed by atoms with Gasteiger partial charge in [-0.1, -0.05) is 23.7 Å². The van der Waals surface area contributed by atoms with Gasteiger partial charge in [-0.2, -0.15) is 0 Å². The number of likely N-dealkylation sites (tertiary alicyclic amines) is 1. The third kappa shape index (κ3) is 4.50. The fourth-order valence-electron chi connectivity index (χ4n) is 3.10. The number of nitrogens with one attached hydrogen (secondary N) is 1. The molecular formula is C19H22ClN3O2. The van der Waals surface area contributed by atoms with Gasteiger partial charge in [-0.25, -0.2) is 4.79 Å². The minimum atomic E-state index is -0.261. The molecule has 0 bridgehead atoms. The van der Waals surface area contributed by atoms with Crippen LogP contribution in [0.3, 0.4) is 0 Å². The standard InChI is InChI=1S/C19H22ClN3O2/c20-17-3-1-15(2-4-17)18(16-5-9-21-10-6-16)22-19(25)23-11-7-14(13-24)8-12-23/h1-6,9-10,14,18,24H,7-8,11-13H2,(H,22,25)/t18-/m0/s1. The van der Waals surface area contributed by atoms with Crippen molar-refractivity contribution in [2.24, 2.45) is 5.92 Å². The SMILES string of the molecule is O=C(N[C@H](c1ccncc1)c1ccc(Cl)cc1)N1CCC(CO)CC1. The number of urea groups is 1. The van der Waals surface area contributed by atoms with Gasteiger partial charge in [0.1, 0.15) is 0 Å². The Hall–Kier alpha value is -2.11. The summed E-state index contributed by atoms with van der Waals surface area (Å²) in [5.41, 5.74) is 1.94. The number of carbonyl (C=O) groups excluding carboxylic acids is 1. The lowest BCUT2D eigenvalue weighted by Gasteiger charge is -2.32. The predicted octanol–water partition coefficient (Wildman–Crippen LogP) is 3.24. The molecule has 2 aromatic rings. The van der Waals surface area contributed by atoms with Crippen LogP contribution in [0.15, 0.2) is 48.8 Å². The number of aliphatic hydroxyl groups excluding tert-OH is 1. The van der Waals surface area contributed by atoms with Gasteiger partial charge in [0.2, 0.25) is 0 Å². The summed E-state index contributed by atoms with van der Waals surface area (Å²) < 4.78 is 0. The minimum absolute atomic E-state index is 0.0897. The van der Waals surface area contributed by atoms with Crippen molar-refractivity contribution in [2.75, 3.05) is 19.7 Å². The summed E-state index contributed by atoms with van der Waals surface area (Å²) in [5, 5.41) is 13.0. The first-order chi connectivity index (χ1) is 12.2. The van der Waals surface area contributed by atoms with E-state index in [-0.39, 0.29) is 18.7 Å². The van der Waals surface area contributed by atoms with E-state index in [0.717, 1.165) is 24.0 Å². The molecule has 5 nitrogen and oxygen atoms in total. The first-order valence-corrected chi connectivity index (χ1v) is 8.87. The van der Waals surface area contributed by atoms with Crippen LogP contribution in [0.5, 0.6) is 0 Å². The van der Waals surface area contributed by atoms with E-state index in [9.17, 15) is 9.90 Å². The molecule has 0 saturated carbocycles. The highest BCUT2D eigenvalue weighted by Crippen LogP contribution is 2.24. The van der Waals surface area contributed by atoms with Crippen molar-refractivity contribution < 1.29 is 9.90 Å². The lowest BCUT2D eigenvalue weighted by molar-refractivity contribution is 0.136. The molecule has 0 unspecified atom stereocenters. The Balaban J connectivity index is 1.76. The fraction of sp³-hybridized carbons (Fsp3) is 0.368. The molecule has 6 heteroatoms. The van der Waals surface area contributed by atoms with Gasteiger partial charge in [0.05, 0.1) is 6.04 Å². The van der Waals surface area contributed by atoms with Crippen LogP contribution in [0.2, 0.25) is 5.02 Å². The molecule has 0 spiro atoms. The highest BCUT2D eigenvalue weighted by atomic mass is 35.5. The van der Waals surface area contributed by atoms with E-state index in [1.165, 1.54) is 0 Å². The summed E-state index contributed by atoms with van der Waals surface area (Å²) in [7, 11) is 0. The zero-order valence-electron chi connectivity index (χ0n) is 13.9. The van der Waals surface area contributed by atoms with Crippen molar-refractivity contribution in [3.63, 3.8) is 0 Å². The lowest BCUT2D eigenvalue weighted by atomic mass is 9.97. The molecule has 0 radical (unpaired) electrons. The summed E-state index contributed by atoms with van der Waals surface area (Å²) in [6.45, 7) is 1.53. The van der Waals surface area contributed by atoms with Crippen molar-refractivity contribution in [3.8, 4) is 0 Å². The molecule has 2 N–H and O–H groups in total. The Morgan fingerprint density at radius 1 is 1.16 bits per heavy atom. The van der Waals surface area contributed by atoms with Crippen molar-refractivity contribution in [3.05, 3.63) is 64.9 Å². The summed E-state index contributed by atoms with van der Waals surface area (Å²) in [6.07, 6.45) is 5.11. The molecule has 25 heavy (non-hydrogen) atoms. The van der Waals surface area contributed by atoms with Crippen LogP contribution in [0.4, 0.5) is 4.79 Å². The van der Waals surface area contributed by atoms with Crippen molar-refractivity contribution in [2.45, 2.75) is 18.9 Å². The quantitative estimate of drug-likeness (QED) is 0.880. The topological polar surface area (TPSA) is 65.5 Å². The highest BCUT2D eigenvalue weighted by Gasteiger charge is 2.25. The molecule has 1 aliphatic rings. The predicted molar refractivity (Wildman–Crippen MR) is 97.4 cm³/mol. The van der Waals surface area contributed by atoms with E-state index in [1.807, 2.05) is 41.3 Å². The van der Waals surface area contributed by atoms with Gasteiger partial charge < -0.3 is 15.3 Å². The second-order valence-electron chi connectivity index (χ2n) is 6.33. The first-order valence-electron chi connectivity index (χ1n) is 8.49. The molecule has 3 rings (SSSR count). The zero-order valence-corrected chi connectivity index (χ0v) is 14.7. The van der Waals surface area contributed by atoms with E-state index in [1.54, 1.807) is 12.4 Å². The fourth-order valence-corrected chi connectivity index (χ4v) is 3.23. The molecule has 1 atom stereocenters. The van der Waals surface area contributed by atoms with Gasteiger partial charge in [0.25, 0.3) is 0 Å². The maximum Gasteiger partial charge on any atom is 0.318 e. The minimum Gasteiger partial charge on any atom is -0.396 e. The number of piperidine rings is 1. The number of aliphatic hydroxyl groups is 1. The Kier molecular flexibility index (Phi) is 5.89. The molecule has 132 valence electrons. The summed E-state index contributed by atoms with van der Waals surface area (Å²) >= 11 is 5.99. The van der Waals surface area contributed by atoms with Crippen LogP contribution >= 0.6 is 11.6 Å². The van der Waals surface area contributed by atoms with Crippen molar-refractivity contribution >= 4 is 17.6 Å². The largest absolute Gasteiger partial charge is 0.396 e. The average Bonchev–Trinajstić information content (AvgIpc) is 2.67. The molecule has 0 aliphatic carbocycles. The Labute approximate surface area is 152 Å². The van der Waals surface area contributed by atoms with E-state index in [2.05, 4.69) is 10.3 Å². The number of hydrogen-bond acceptors (Lipinski definition) is 3. The number of amides is 2. The summed E-state index contributed by atoms with van der Waals surface area (Å²) in [6, 6.07) is 10.9. The number of benzene rings is 1. The van der Waals surface area contributed by atoms with Gasteiger partial charge in [-0.3, -0.25) is 4.98 Å². The maximum atomic E-state index is 12.7. The van der Waals surface area contributed by atoms with E-state index in [4.69, 9.17) is 11.6 Å². The van der Waals surface area contributed by atoms with Gasteiger partial charge in [-0.05, 0) is 54.2 Å². The molecule has 1 saturated heterocycles. The Morgan fingerprint density at radius 3 is 2.36 bits per heavy atom. The van der Waals surface area contributed by atoms with Crippen LogP contribution in [0.1, 0.15) is 30.0 Å². The maximum absolute atomic E-state index is 12.7. The number of carbonyl (C=O) groups is 1. The first kappa shape index (κ1) is 17.7. The lowest BCUT2D eigenvalue weighted by Crippen LogP contribution is -2.46. The van der Waals surface area contributed by atoms with E-state index >= 15 is 0 Å². The number of pyridine rings is 1. The molecule has 2 heterocycles. The molecule has 1 aromatic heterocycles. The summed E-state index contributed by atoms with van der Waals surface area (Å²) in [4.78, 5) is 18.6. The van der Waals surface area contributed by atoms with E-state index < -0.39 is 0 Å². The number of nitrogens with zero attached hydrogens (tertiary/aromatic N) is 2. The second-order valence-corrected chi connectivity index (χ2v) is 6.76. The van der Waals surface area contributed by atoms with Gasteiger partial charge in [0, 0.05) is 37.1 Å². The van der Waals surface area contributed by atoms with Crippen LogP contribution in [0, 0.1) is 5.92 Å². The average molecular weight is 360 g/mol. The molecule has 1 fully saturated rings. The van der Waals surface area contributed by atoms with Crippen molar-refractivity contribution in [1.82, 2.24) is 15.2 Å². The van der Waals surface area contributed by atoms with Crippen LogP contribution in [-0.4, -0.2) is 40.7 Å². The number of halogens is 1. The van der Waals surface area contributed by atoms with Crippen LogP contribution in [-0.2, 0) is 0 Å². The number of rotatable bonds is 4. The van der Waals surface area contributed by atoms with Gasteiger partial charge in [0.15, 0.2) is 0 Å². The molecular weight excluding hydrogens is 338 g/mol.